The van der Waals surface area contributed by atoms with Crippen LogP contribution in [0, 0.1) is 0 Å². The van der Waals surface area contributed by atoms with E-state index in [9.17, 15) is 14.7 Å². The van der Waals surface area contributed by atoms with Gasteiger partial charge in [0.05, 0.1) is 40.9 Å². The second-order valence-corrected chi connectivity index (χ2v) is 18.9. The molecule has 4 aliphatic heterocycles. The van der Waals surface area contributed by atoms with Crippen LogP contribution in [0.25, 0.3) is 0 Å². The van der Waals surface area contributed by atoms with Gasteiger partial charge in [-0.25, -0.2) is 0 Å². The van der Waals surface area contributed by atoms with E-state index in [1.807, 2.05) is 48.5 Å². The van der Waals surface area contributed by atoms with E-state index in [1.165, 1.54) is 64.7 Å². The molecule has 0 saturated heterocycles. The lowest BCUT2D eigenvalue weighted by Gasteiger charge is -2.51. The van der Waals surface area contributed by atoms with E-state index in [1.54, 1.807) is 21.3 Å². The number of esters is 1. The minimum atomic E-state index is -1.02. The van der Waals surface area contributed by atoms with Crippen molar-refractivity contribution in [3.05, 3.63) is 94.0 Å². The van der Waals surface area contributed by atoms with Crippen molar-refractivity contribution in [3.8, 4) is 46.0 Å². The summed E-state index contributed by atoms with van der Waals surface area (Å²) < 4.78 is 37.8. The molecule has 0 spiro atoms. The lowest BCUT2D eigenvalue weighted by Crippen LogP contribution is -2.63. The van der Waals surface area contributed by atoms with Crippen molar-refractivity contribution in [2.24, 2.45) is 0 Å². The SMILES string of the molecule is CCCCCCCCCCCCCCC(C(=O)[O-])[N+]1(C)CCc2cc(OC)c3cc2C1Cc1ccc(cc1)Oc1cc(ccc1OC)CC1c2c(cc(OC)c(OC(C)=O)c2O3)CCN1C. The van der Waals surface area contributed by atoms with Gasteiger partial charge in [0.25, 0.3) is 0 Å². The first-order chi connectivity index (χ1) is 32.0. The number of hydrogen-bond acceptors (Lipinski definition) is 10. The van der Waals surface area contributed by atoms with Gasteiger partial charge in [0, 0.05) is 49.9 Å². The van der Waals surface area contributed by atoms with Crippen LogP contribution < -0.4 is 33.5 Å². The molecule has 0 aliphatic carbocycles. The Labute approximate surface area is 392 Å². The second-order valence-electron chi connectivity index (χ2n) is 18.9. The molecular formula is C55H72N2O9. The van der Waals surface area contributed by atoms with E-state index in [4.69, 9.17) is 28.4 Å². The lowest BCUT2D eigenvalue weighted by molar-refractivity contribution is -0.958. The van der Waals surface area contributed by atoms with Crippen LogP contribution in [0.1, 0.15) is 143 Å². The Hall–Kier alpha value is -5.26. The van der Waals surface area contributed by atoms with Gasteiger partial charge in [-0.05, 0) is 91.0 Å². The maximum atomic E-state index is 13.5. The molecule has 0 aromatic heterocycles. The Balaban J connectivity index is 1.29. The van der Waals surface area contributed by atoms with E-state index in [0.29, 0.717) is 78.9 Å². The number of rotatable bonds is 19. The average Bonchev–Trinajstić information content (AvgIpc) is 3.30. The number of methoxy groups -OCH3 is 3. The van der Waals surface area contributed by atoms with Gasteiger partial charge < -0.3 is 42.8 Å². The zero-order valence-corrected chi connectivity index (χ0v) is 40.5. The predicted molar refractivity (Wildman–Crippen MR) is 255 cm³/mol. The summed E-state index contributed by atoms with van der Waals surface area (Å²) >= 11 is 0. The van der Waals surface area contributed by atoms with Crippen LogP contribution in [0.4, 0.5) is 0 Å². The summed E-state index contributed by atoms with van der Waals surface area (Å²) in [6.45, 7) is 5.02. The number of quaternary nitrogens is 1. The number of aliphatic carboxylic acids is 1. The van der Waals surface area contributed by atoms with E-state index >= 15 is 0 Å². The van der Waals surface area contributed by atoms with Crippen molar-refractivity contribution in [1.29, 1.82) is 0 Å². The first-order valence-corrected chi connectivity index (χ1v) is 24.5. The largest absolute Gasteiger partial charge is 0.544 e. The molecule has 4 unspecified atom stereocenters. The summed E-state index contributed by atoms with van der Waals surface area (Å²) in [5.41, 5.74) is 6.02. The van der Waals surface area contributed by atoms with Crippen LogP contribution in [0.5, 0.6) is 46.0 Å². The number of carbonyl (C=O) groups is 2. The number of nitrogens with zero attached hydrogens (tertiary/aromatic N) is 2. The van der Waals surface area contributed by atoms with Crippen LogP contribution in [0.2, 0.25) is 0 Å². The molecule has 0 saturated carbocycles. The number of carbonyl (C=O) groups excluding carboxylic acids is 2. The van der Waals surface area contributed by atoms with Crippen LogP contribution in [0.15, 0.2) is 60.7 Å². The minimum absolute atomic E-state index is 0.188. The summed E-state index contributed by atoms with van der Waals surface area (Å²) in [5, 5.41) is 13.5. The van der Waals surface area contributed by atoms with Crippen LogP contribution in [-0.4, -0.2) is 75.9 Å². The number of carboxylic acid groups (broad SMARTS) is 1. The number of unbranched alkanes of at least 4 members (excludes halogenated alkanes) is 11. The number of hydrogen-bond donors (Lipinski definition) is 0. The summed E-state index contributed by atoms with van der Waals surface area (Å²) in [7, 11) is 9.02. The van der Waals surface area contributed by atoms with Crippen molar-refractivity contribution in [2.75, 3.05) is 48.5 Å². The number of benzene rings is 4. The molecule has 4 aromatic carbocycles. The summed E-state index contributed by atoms with van der Waals surface area (Å²) in [6.07, 6.45) is 17.6. The third-order valence-corrected chi connectivity index (χ3v) is 14.5. The molecule has 11 nitrogen and oxygen atoms in total. The van der Waals surface area contributed by atoms with Gasteiger partial charge in [0.2, 0.25) is 5.75 Å². The number of ether oxygens (including phenoxy) is 6. The Bertz CT molecular complexity index is 2290. The van der Waals surface area contributed by atoms with E-state index in [2.05, 4.69) is 38.1 Å². The first kappa shape index (κ1) is 48.7. The molecule has 4 aliphatic rings. The zero-order valence-electron chi connectivity index (χ0n) is 40.5. The van der Waals surface area contributed by atoms with E-state index in [0.717, 1.165) is 59.2 Å². The van der Waals surface area contributed by atoms with E-state index < -0.39 is 18.0 Å². The van der Waals surface area contributed by atoms with Gasteiger partial charge in [-0.15, -0.1) is 0 Å². The summed E-state index contributed by atoms with van der Waals surface area (Å²) in [6, 6.07) is 18.9. The minimum Gasteiger partial charge on any atom is -0.544 e. The van der Waals surface area contributed by atoms with Gasteiger partial charge in [-0.1, -0.05) is 95.8 Å². The topological polar surface area (TPSA) is 116 Å². The Morgan fingerprint density at radius 3 is 2.00 bits per heavy atom. The number of carboxylic acids is 1. The van der Waals surface area contributed by atoms with Crippen molar-refractivity contribution in [2.45, 2.75) is 141 Å². The molecule has 0 radical (unpaired) electrons. The monoisotopic (exact) mass is 905 g/mol. The Morgan fingerprint density at radius 1 is 0.742 bits per heavy atom. The van der Waals surface area contributed by atoms with Crippen molar-refractivity contribution in [1.82, 2.24) is 4.90 Å². The van der Waals surface area contributed by atoms with Gasteiger partial charge >= 0.3 is 5.97 Å². The lowest BCUT2D eigenvalue weighted by atomic mass is 9.84. The average molecular weight is 905 g/mol. The molecule has 11 heteroatoms. The fourth-order valence-electron chi connectivity index (χ4n) is 10.7. The van der Waals surface area contributed by atoms with Gasteiger partial charge in [0.1, 0.15) is 17.8 Å². The molecule has 0 amide bonds. The van der Waals surface area contributed by atoms with Gasteiger partial charge in [-0.2, -0.15) is 0 Å². The molecule has 0 N–H and O–H groups in total. The molecule has 4 aromatic rings. The fourth-order valence-corrected chi connectivity index (χ4v) is 10.7. The summed E-state index contributed by atoms with van der Waals surface area (Å²) in [4.78, 5) is 28.6. The van der Waals surface area contributed by atoms with Crippen LogP contribution >= 0.6 is 0 Å². The molecule has 0 fully saturated rings. The molecule has 4 heterocycles. The van der Waals surface area contributed by atoms with Crippen molar-refractivity contribution < 1.29 is 47.6 Å². The molecule has 4 atom stereocenters. The maximum absolute atomic E-state index is 13.5. The zero-order chi connectivity index (χ0) is 46.8. The standard InChI is InChI=1S/C55H72N2O9/c1-8-9-10-11-12-13-14-15-16-17-18-19-20-45(55(59)60)57(4)30-28-40-34-48(62-6)50-36-43(40)46(57)32-38-21-24-42(25-22-38)65-49-33-39(23-26-47(49)61-5)31-44-52-41(27-29-56(44)3)35-51(63-7)53(54(52)66-50)64-37(2)58/h21-26,33-36,44-46H,8-20,27-32H2,1-7H3. The quantitative estimate of drug-likeness (QED) is 0.0390. The Kier molecular flexibility index (Phi) is 16.6. The number of likely N-dealkylation sites (N-methyl/N-ethyl adjacent to an activating group) is 2. The van der Waals surface area contributed by atoms with Crippen LogP contribution in [-0.2, 0) is 35.3 Å². The fraction of sp³-hybridized carbons (Fsp3) is 0.527. The molecular weight excluding hydrogens is 833 g/mol. The molecule has 66 heavy (non-hydrogen) atoms. The van der Waals surface area contributed by atoms with Crippen molar-refractivity contribution >= 4 is 11.9 Å². The van der Waals surface area contributed by atoms with Gasteiger partial charge in [0.15, 0.2) is 34.5 Å². The third kappa shape index (κ3) is 11.1. The molecule has 356 valence electrons. The van der Waals surface area contributed by atoms with E-state index in [-0.39, 0.29) is 22.3 Å². The summed E-state index contributed by atoms with van der Waals surface area (Å²) in [5.74, 6) is 2.25. The highest BCUT2D eigenvalue weighted by atomic mass is 16.6. The van der Waals surface area contributed by atoms with Crippen molar-refractivity contribution in [3.63, 3.8) is 0 Å². The normalized spacial score (nSPS) is 19.3. The molecule has 8 rings (SSSR count). The first-order valence-electron chi connectivity index (χ1n) is 24.5. The Morgan fingerprint density at radius 2 is 1.36 bits per heavy atom. The molecule has 6 bridgehead atoms. The maximum Gasteiger partial charge on any atom is 0.308 e. The smallest absolute Gasteiger partial charge is 0.308 e. The second kappa shape index (κ2) is 22.5. The highest BCUT2D eigenvalue weighted by Gasteiger charge is 2.46. The highest BCUT2D eigenvalue weighted by Crippen LogP contribution is 2.53. The highest BCUT2D eigenvalue weighted by molar-refractivity contribution is 5.74. The number of fused-ring (bicyclic) bond motifs is 2. The van der Waals surface area contributed by atoms with Gasteiger partial charge in [-0.3, -0.25) is 9.69 Å². The predicted octanol–water partition coefficient (Wildman–Crippen LogP) is 10.8. The van der Waals surface area contributed by atoms with Crippen LogP contribution in [0.3, 0.4) is 0 Å². The third-order valence-electron chi connectivity index (χ3n) is 14.5.